The third-order valence-electron chi connectivity index (χ3n) is 4.63. The van der Waals surface area contributed by atoms with Crippen LogP contribution in [0.25, 0.3) is 6.08 Å². The van der Waals surface area contributed by atoms with Crippen molar-refractivity contribution in [1.82, 2.24) is 5.32 Å². The maximum absolute atomic E-state index is 12.9. The number of hydrogen-bond donors (Lipinski definition) is 3. The summed E-state index contributed by atoms with van der Waals surface area (Å²) in [6.45, 7) is 3.68. The second-order valence-corrected chi connectivity index (χ2v) is 9.04. The Morgan fingerprint density at radius 3 is 2.55 bits per heavy atom. The second kappa shape index (κ2) is 10.6. The fourth-order valence-electron chi connectivity index (χ4n) is 3.01. The summed E-state index contributed by atoms with van der Waals surface area (Å²) in [5.74, 6) is -0.167. The van der Waals surface area contributed by atoms with Crippen molar-refractivity contribution >= 4 is 39.3 Å². The van der Waals surface area contributed by atoms with Gasteiger partial charge in [-0.3, -0.25) is 14.3 Å². The smallest absolute Gasteiger partial charge is 0.262 e. The van der Waals surface area contributed by atoms with Crippen molar-refractivity contribution in [2.45, 2.75) is 25.2 Å². The topological polar surface area (TPSA) is 118 Å². The number of carbonyl (C=O) groups is 2. The Labute approximate surface area is 192 Å². The van der Waals surface area contributed by atoms with Crippen LogP contribution < -0.4 is 15.4 Å². The Hall–Kier alpha value is -3.85. The van der Waals surface area contributed by atoms with Crippen LogP contribution in [0.15, 0.2) is 76.2 Å². The van der Waals surface area contributed by atoms with E-state index in [-0.39, 0.29) is 29.7 Å². The van der Waals surface area contributed by atoms with Crippen molar-refractivity contribution in [3.63, 3.8) is 0 Å². The monoisotopic (exact) mass is 467 g/mol. The molecule has 1 heterocycles. The lowest BCUT2D eigenvalue weighted by Gasteiger charge is -2.13. The summed E-state index contributed by atoms with van der Waals surface area (Å²) in [7, 11) is -3.85. The largest absolute Gasteiger partial charge is 0.465 e. The first-order valence-corrected chi connectivity index (χ1v) is 11.7. The SMILES string of the molecule is Cc1cccc(NS(=O)(=O)c2cc(NC(=O)CCNC(=O)/C=C/c3ccco3)ccc2C)c1. The van der Waals surface area contributed by atoms with Crippen molar-refractivity contribution in [1.29, 1.82) is 0 Å². The number of amides is 2. The lowest BCUT2D eigenvalue weighted by atomic mass is 10.2. The number of anilines is 2. The molecule has 9 heteroatoms. The highest BCUT2D eigenvalue weighted by Crippen LogP contribution is 2.23. The molecule has 33 heavy (non-hydrogen) atoms. The molecule has 2 amide bonds. The summed E-state index contributed by atoms with van der Waals surface area (Å²) in [4.78, 5) is 24.1. The maximum atomic E-state index is 12.9. The number of rotatable bonds is 9. The summed E-state index contributed by atoms with van der Waals surface area (Å²) >= 11 is 0. The van der Waals surface area contributed by atoms with Gasteiger partial charge in [0, 0.05) is 30.4 Å². The molecule has 3 aromatic rings. The normalized spacial score (nSPS) is 11.3. The Balaban J connectivity index is 1.57. The van der Waals surface area contributed by atoms with E-state index in [4.69, 9.17) is 4.42 Å². The van der Waals surface area contributed by atoms with Gasteiger partial charge in [0.2, 0.25) is 11.8 Å². The van der Waals surface area contributed by atoms with E-state index in [1.165, 1.54) is 24.5 Å². The van der Waals surface area contributed by atoms with Gasteiger partial charge >= 0.3 is 0 Å². The molecule has 0 aliphatic rings. The van der Waals surface area contributed by atoms with E-state index in [1.54, 1.807) is 49.4 Å². The molecule has 0 radical (unpaired) electrons. The molecule has 0 aliphatic heterocycles. The number of furan rings is 1. The zero-order valence-corrected chi connectivity index (χ0v) is 19.1. The van der Waals surface area contributed by atoms with E-state index in [0.717, 1.165) is 5.56 Å². The molecule has 172 valence electrons. The minimum atomic E-state index is -3.85. The average molecular weight is 468 g/mol. The first kappa shape index (κ1) is 23.8. The van der Waals surface area contributed by atoms with Gasteiger partial charge < -0.3 is 15.1 Å². The second-order valence-electron chi connectivity index (χ2n) is 7.39. The number of carbonyl (C=O) groups excluding carboxylic acids is 2. The number of aryl methyl sites for hydroxylation is 2. The van der Waals surface area contributed by atoms with Gasteiger partial charge in [-0.05, 0) is 67.4 Å². The zero-order valence-electron chi connectivity index (χ0n) is 18.3. The van der Waals surface area contributed by atoms with Crippen molar-refractivity contribution in [3.05, 3.63) is 83.8 Å². The zero-order chi connectivity index (χ0) is 23.8. The van der Waals surface area contributed by atoms with Gasteiger partial charge in [0.1, 0.15) is 5.76 Å². The van der Waals surface area contributed by atoms with Gasteiger partial charge in [-0.1, -0.05) is 18.2 Å². The van der Waals surface area contributed by atoms with E-state index in [0.29, 0.717) is 22.7 Å². The molecule has 8 nitrogen and oxygen atoms in total. The molecule has 0 saturated heterocycles. The van der Waals surface area contributed by atoms with E-state index in [9.17, 15) is 18.0 Å². The number of nitrogens with one attached hydrogen (secondary N) is 3. The minimum Gasteiger partial charge on any atom is -0.465 e. The average Bonchev–Trinajstić information content (AvgIpc) is 3.27. The van der Waals surface area contributed by atoms with Crippen LogP contribution in [0, 0.1) is 13.8 Å². The van der Waals surface area contributed by atoms with Crippen molar-refractivity contribution in [2.75, 3.05) is 16.6 Å². The molecule has 2 aromatic carbocycles. The molecule has 0 spiro atoms. The number of sulfonamides is 1. The maximum Gasteiger partial charge on any atom is 0.262 e. The van der Waals surface area contributed by atoms with Gasteiger partial charge in [0.15, 0.2) is 0 Å². The molecule has 3 N–H and O–H groups in total. The van der Waals surface area contributed by atoms with Crippen LogP contribution in [0.5, 0.6) is 0 Å². The van der Waals surface area contributed by atoms with E-state index >= 15 is 0 Å². The van der Waals surface area contributed by atoms with E-state index in [1.807, 2.05) is 13.0 Å². The minimum absolute atomic E-state index is 0.0256. The Morgan fingerprint density at radius 2 is 1.82 bits per heavy atom. The van der Waals surface area contributed by atoms with E-state index in [2.05, 4.69) is 15.4 Å². The standard InChI is InChI=1S/C24H25N3O5S/c1-17-5-3-6-20(15-17)27-33(30,31)22-16-19(9-8-18(22)2)26-24(29)12-13-25-23(28)11-10-21-7-4-14-32-21/h3-11,14-16,27H,12-13H2,1-2H3,(H,25,28)(H,26,29)/b11-10+. The molecular formula is C24H25N3O5S. The van der Waals surface area contributed by atoms with Gasteiger partial charge in [-0.15, -0.1) is 0 Å². The van der Waals surface area contributed by atoms with Gasteiger partial charge in [-0.25, -0.2) is 8.42 Å². The molecular weight excluding hydrogens is 442 g/mol. The van der Waals surface area contributed by atoms with Crippen LogP contribution >= 0.6 is 0 Å². The van der Waals surface area contributed by atoms with Gasteiger partial charge in [0.05, 0.1) is 11.2 Å². The highest BCUT2D eigenvalue weighted by Gasteiger charge is 2.18. The Kier molecular flexibility index (Phi) is 7.68. The highest BCUT2D eigenvalue weighted by atomic mass is 32.2. The van der Waals surface area contributed by atoms with Crippen LogP contribution in [0.3, 0.4) is 0 Å². The molecule has 0 aliphatic carbocycles. The van der Waals surface area contributed by atoms with Crippen molar-refractivity contribution in [3.8, 4) is 0 Å². The summed E-state index contributed by atoms with van der Waals surface area (Å²) in [5, 5.41) is 5.27. The summed E-state index contributed by atoms with van der Waals surface area (Å²) in [6, 6.07) is 15.1. The number of benzene rings is 2. The molecule has 0 atom stereocenters. The van der Waals surface area contributed by atoms with Gasteiger partial charge in [-0.2, -0.15) is 0 Å². The molecule has 1 aromatic heterocycles. The van der Waals surface area contributed by atoms with Crippen LogP contribution in [-0.2, 0) is 19.6 Å². The first-order chi connectivity index (χ1) is 15.7. The third-order valence-corrected chi connectivity index (χ3v) is 6.15. The molecule has 0 fully saturated rings. The predicted octanol–water partition coefficient (Wildman–Crippen LogP) is 3.86. The molecule has 0 bridgehead atoms. The highest BCUT2D eigenvalue weighted by molar-refractivity contribution is 7.92. The summed E-state index contributed by atoms with van der Waals surface area (Å²) in [5.41, 5.74) is 2.28. The molecule has 3 rings (SSSR count). The van der Waals surface area contributed by atoms with Crippen LogP contribution in [0.4, 0.5) is 11.4 Å². The fourth-order valence-corrected chi connectivity index (χ4v) is 4.33. The predicted molar refractivity (Wildman–Crippen MR) is 127 cm³/mol. The molecule has 0 unspecified atom stereocenters. The summed E-state index contributed by atoms with van der Waals surface area (Å²) in [6.07, 6.45) is 4.36. The Bertz CT molecular complexity index is 1270. The van der Waals surface area contributed by atoms with Crippen LogP contribution in [0.2, 0.25) is 0 Å². The number of hydrogen-bond acceptors (Lipinski definition) is 5. The third kappa shape index (κ3) is 7.08. The van der Waals surface area contributed by atoms with Crippen molar-refractivity contribution in [2.24, 2.45) is 0 Å². The van der Waals surface area contributed by atoms with Crippen molar-refractivity contribution < 1.29 is 22.4 Å². The van der Waals surface area contributed by atoms with Gasteiger partial charge in [0.25, 0.3) is 10.0 Å². The van der Waals surface area contributed by atoms with E-state index < -0.39 is 10.0 Å². The lowest BCUT2D eigenvalue weighted by Crippen LogP contribution is -2.26. The summed E-state index contributed by atoms with van der Waals surface area (Å²) < 4.78 is 33.4. The first-order valence-electron chi connectivity index (χ1n) is 10.2. The van der Waals surface area contributed by atoms with Crippen LogP contribution in [-0.4, -0.2) is 26.8 Å². The van der Waals surface area contributed by atoms with Crippen LogP contribution in [0.1, 0.15) is 23.3 Å². The fraction of sp³-hybridized carbons (Fsp3) is 0.167. The Morgan fingerprint density at radius 1 is 1.00 bits per heavy atom. The quantitative estimate of drug-likeness (QED) is 0.413. The lowest BCUT2D eigenvalue weighted by molar-refractivity contribution is -0.117. The molecule has 0 saturated carbocycles.